The maximum absolute atomic E-state index is 13.1. The third-order valence-corrected chi connectivity index (χ3v) is 3.09. The van der Waals surface area contributed by atoms with E-state index >= 15 is 0 Å². The summed E-state index contributed by atoms with van der Waals surface area (Å²) in [6.45, 7) is 3.29. The number of hydrogen-bond donors (Lipinski definition) is 2. The second kappa shape index (κ2) is 5.46. The van der Waals surface area contributed by atoms with Crippen LogP contribution in [0.5, 0.6) is 0 Å². The number of rotatable bonds is 3. The highest BCUT2D eigenvalue weighted by molar-refractivity contribution is 5.92. The molecule has 0 aliphatic carbocycles. The van der Waals surface area contributed by atoms with Gasteiger partial charge in [-0.1, -0.05) is 6.07 Å². The molecule has 0 aromatic heterocycles. The van der Waals surface area contributed by atoms with Crippen molar-refractivity contribution in [2.45, 2.75) is 19.4 Å². The molecule has 98 valence electrons. The summed E-state index contributed by atoms with van der Waals surface area (Å²) >= 11 is 0. The third kappa shape index (κ3) is 3.27. The molecule has 1 aliphatic rings. The summed E-state index contributed by atoms with van der Waals surface area (Å²) in [4.78, 5) is 13.7. The minimum Gasteiger partial charge on any atom is -0.392 e. The van der Waals surface area contributed by atoms with Crippen molar-refractivity contribution >= 4 is 11.6 Å². The third-order valence-electron chi connectivity index (χ3n) is 3.09. The molecule has 0 saturated carbocycles. The Bertz CT molecular complexity index is 451. The number of hydrogen-bond acceptors (Lipinski definition) is 3. The lowest BCUT2D eigenvalue weighted by Crippen LogP contribution is -2.32. The molecule has 4 nitrogen and oxygen atoms in total. The van der Waals surface area contributed by atoms with Gasteiger partial charge in [-0.05, 0) is 31.0 Å². The van der Waals surface area contributed by atoms with Crippen molar-refractivity contribution in [3.05, 3.63) is 29.6 Å². The van der Waals surface area contributed by atoms with E-state index in [1.165, 1.54) is 12.1 Å². The average molecular weight is 252 g/mol. The number of halogens is 1. The van der Waals surface area contributed by atoms with Gasteiger partial charge in [0.25, 0.3) is 0 Å². The number of aryl methyl sites for hydroxylation is 1. The van der Waals surface area contributed by atoms with Crippen LogP contribution in [0.15, 0.2) is 18.2 Å². The number of aliphatic hydroxyl groups is 1. The van der Waals surface area contributed by atoms with Crippen LogP contribution in [0.1, 0.15) is 12.0 Å². The van der Waals surface area contributed by atoms with Gasteiger partial charge in [0.15, 0.2) is 0 Å². The second-order valence-electron chi connectivity index (χ2n) is 4.69. The van der Waals surface area contributed by atoms with Crippen LogP contribution in [0.2, 0.25) is 0 Å². The zero-order valence-electron chi connectivity index (χ0n) is 10.3. The van der Waals surface area contributed by atoms with Crippen molar-refractivity contribution in [3.8, 4) is 0 Å². The highest BCUT2D eigenvalue weighted by Gasteiger charge is 2.22. The van der Waals surface area contributed by atoms with Crippen molar-refractivity contribution in [2.75, 3.05) is 25.0 Å². The number of nitrogens with one attached hydrogen (secondary N) is 1. The van der Waals surface area contributed by atoms with Gasteiger partial charge in [-0.3, -0.25) is 9.69 Å². The van der Waals surface area contributed by atoms with Gasteiger partial charge >= 0.3 is 0 Å². The molecule has 2 rings (SSSR count). The zero-order chi connectivity index (χ0) is 13.1. The Hall–Kier alpha value is -1.46. The van der Waals surface area contributed by atoms with Crippen LogP contribution in [0.4, 0.5) is 10.1 Å². The lowest BCUT2D eigenvalue weighted by atomic mass is 10.2. The molecule has 1 heterocycles. The Morgan fingerprint density at radius 3 is 3.06 bits per heavy atom. The van der Waals surface area contributed by atoms with Crippen molar-refractivity contribution in [1.29, 1.82) is 0 Å². The maximum atomic E-state index is 13.1. The number of nitrogens with zero attached hydrogens (tertiary/aromatic N) is 1. The van der Waals surface area contributed by atoms with E-state index in [1.54, 1.807) is 6.07 Å². The van der Waals surface area contributed by atoms with Crippen molar-refractivity contribution in [1.82, 2.24) is 4.90 Å². The van der Waals surface area contributed by atoms with Crippen LogP contribution < -0.4 is 5.32 Å². The standard InChI is InChI=1S/C13H17FN2O2/c1-9-2-3-10(14)6-12(9)15-13(18)8-16-5-4-11(17)7-16/h2-3,6,11,17H,4-5,7-8H2,1H3,(H,15,18)/t11-/m1/s1. The minimum absolute atomic E-state index is 0.183. The summed E-state index contributed by atoms with van der Waals surface area (Å²) in [6, 6.07) is 4.30. The van der Waals surface area contributed by atoms with E-state index in [0.717, 1.165) is 12.1 Å². The summed E-state index contributed by atoms with van der Waals surface area (Å²) in [5.74, 6) is -0.551. The summed E-state index contributed by atoms with van der Waals surface area (Å²) < 4.78 is 13.1. The van der Waals surface area contributed by atoms with E-state index in [1.807, 2.05) is 11.8 Å². The first-order chi connectivity index (χ1) is 8.54. The van der Waals surface area contributed by atoms with E-state index in [4.69, 9.17) is 0 Å². The molecular formula is C13H17FN2O2. The average Bonchev–Trinajstić information content (AvgIpc) is 2.69. The Morgan fingerprint density at radius 2 is 2.39 bits per heavy atom. The molecule has 18 heavy (non-hydrogen) atoms. The molecule has 0 radical (unpaired) electrons. The molecule has 0 spiro atoms. The fourth-order valence-corrected chi connectivity index (χ4v) is 2.08. The number of aliphatic hydroxyl groups excluding tert-OH is 1. The largest absolute Gasteiger partial charge is 0.392 e. The van der Waals surface area contributed by atoms with Crippen LogP contribution in [0.25, 0.3) is 0 Å². The highest BCUT2D eigenvalue weighted by Crippen LogP contribution is 2.16. The van der Waals surface area contributed by atoms with Crippen molar-refractivity contribution in [3.63, 3.8) is 0 Å². The van der Waals surface area contributed by atoms with Crippen molar-refractivity contribution in [2.24, 2.45) is 0 Å². The first kappa shape index (κ1) is 13.0. The van der Waals surface area contributed by atoms with Gasteiger partial charge < -0.3 is 10.4 Å². The molecule has 0 unspecified atom stereocenters. The number of likely N-dealkylation sites (tertiary alicyclic amines) is 1. The first-order valence-electron chi connectivity index (χ1n) is 6.01. The first-order valence-corrected chi connectivity index (χ1v) is 6.01. The molecule has 1 aromatic rings. The summed E-state index contributed by atoms with van der Waals surface area (Å²) in [5, 5.41) is 12.1. The van der Waals surface area contributed by atoms with E-state index < -0.39 is 0 Å². The van der Waals surface area contributed by atoms with Crippen LogP contribution in [-0.4, -0.2) is 41.7 Å². The summed E-state index contributed by atoms with van der Waals surface area (Å²) in [6.07, 6.45) is 0.362. The number of benzene rings is 1. The maximum Gasteiger partial charge on any atom is 0.238 e. The lowest BCUT2D eigenvalue weighted by molar-refractivity contribution is -0.117. The minimum atomic E-state index is -0.368. The smallest absolute Gasteiger partial charge is 0.238 e. The molecule has 0 bridgehead atoms. The van der Waals surface area contributed by atoms with E-state index in [0.29, 0.717) is 18.7 Å². The predicted octanol–water partition coefficient (Wildman–Crippen LogP) is 1.14. The monoisotopic (exact) mass is 252 g/mol. The van der Waals surface area contributed by atoms with Gasteiger partial charge in [0.2, 0.25) is 5.91 Å². The lowest BCUT2D eigenvalue weighted by Gasteiger charge is -2.15. The normalized spacial score (nSPS) is 20.1. The van der Waals surface area contributed by atoms with Crippen LogP contribution in [0, 0.1) is 12.7 Å². The molecule has 1 saturated heterocycles. The summed E-state index contributed by atoms with van der Waals surface area (Å²) in [5.41, 5.74) is 1.32. The fraction of sp³-hybridized carbons (Fsp3) is 0.462. The SMILES string of the molecule is Cc1ccc(F)cc1NC(=O)CN1CC[C@@H](O)C1. The number of amides is 1. The fourth-order valence-electron chi connectivity index (χ4n) is 2.08. The molecule has 1 aromatic carbocycles. The number of β-amino-alcohol motifs (C(OH)–C–C–N with tert-alkyl or cyclic N) is 1. The van der Waals surface area contributed by atoms with Crippen LogP contribution >= 0.6 is 0 Å². The topological polar surface area (TPSA) is 52.6 Å². The Balaban J connectivity index is 1.92. The molecule has 1 atom stereocenters. The number of carbonyl (C=O) groups excluding carboxylic acids is 1. The number of anilines is 1. The highest BCUT2D eigenvalue weighted by atomic mass is 19.1. The van der Waals surface area contributed by atoms with E-state index in [-0.39, 0.29) is 24.4 Å². The second-order valence-corrected chi connectivity index (χ2v) is 4.69. The van der Waals surface area contributed by atoms with Crippen LogP contribution in [0.3, 0.4) is 0 Å². The number of carbonyl (C=O) groups is 1. The van der Waals surface area contributed by atoms with E-state index in [9.17, 15) is 14.3 Å². The molecule has 1 amide bonds. The predicted molar refractivity (Wildman–Crippen MR) is 66.8 cm³/mol. The van der Waals surface area contributed by atoms with Gasteiger partial charge in [0.1, 0.15) is 5.82 Å². The quantitative estimate of drug-likeness (QED) is 0.848. The molecule has 2 N–H and O–H groups in total. The van der Waals surface area contributed by atoms with Crippen LogP contribution in [-0.2, 0) is 4.79 Å². The zero-order valence-corrected chi connectivity index (χ0v) is 10.3. The van der Waals surface area contributed by atoms with Gasteiger partial charge in [0.05, 0.1) is 12.6 Å². The van der Waals surface area contributed by atoms with Gasteiger partial charge in [-0.2, -0.15) is 0 Å². The Morgan fingerprint density at radius 1 is 1.61 bits per heavy atom. The van der Waals surface area contributed by atoms with Gasteiger partial charge in [-0.25, -0.2) is 4.39 Å². The Labute approximate surface area is 105 Å². The van der Waals surface area contributed by atoms with E-state index in [2.05, 4.69) is 5.32 Å². The van der Waals surface area contributed by atoms with Crippen molar-refractivity contribution < 1.29 is 14.3 Å². The molecule has 1 fully saturated rings. The summed E-state index contributed by atoms with van der Waals surface area (Å²) in [7, 11) is 0. The molecular weight excluding hydrogens is 235 g/mol. The molecule has 1 aliphatic heterocycles. The van der Waals surface area contributed by atoms with Gasteiger partial charge in [0, 0.05) is 18.8 Å². The van der Waals surface area contributed by atoms with Gasteiger partial charge in [-0.15, -0.1) is 0 Å². The Kier molecular flexibility index (Phi) is 3.93. The molecule has 5 heteroatoms.